The van der Waals surface area contributed by atoms with Gasteiger partial charge >= 0.3 is 0 Å². The molecule has 0 amide bonds. The highest BCUT2D eigenvalue weighted by Gasteiger charge is 2.13. The topological polar surface area (TPSA) is 43.6 Å². The van der Waals surface area contributed by atoms with Crippen molar-refractivity contribution in [1.29, 1.82) is 0 Å². The van der Waals surface area contributed by atoms with Crippen molar-refractivity contribution in [2.75, 3.05) is 0 Å². The molecule has 0 unspecified atom stereocenters. The maximum Gasteiger partial charge on any atom is 0.164 e. The minimum absolute atomic E-state index is 0.422. The molecule has 0 aliphatic carbocycles. The Hall–Kier alpha value is -0.940. The van der Waals surface area contributed by atoms with Crippen molar-refractivity contribution in [3.63, 3.8) is 0 Å². The molecule has 84 valence electrons. The molecule has 2 rings (SSSR count). The van der Waals surface area contributed by atoms with Gasteiger partial charge in [0.1, 0.15) is 5.15 Å². The van der Waals surface area contributed by atoms with Gasteiger partial charge in [-0.25, -0.2) is 9.97 Å². The predicted molar refractivity (Wildman–Crippen MR) is 66.4 cm³/mol. The number of rotatable bonds is 1. The fourth-order valence-corrected chi connectivity index (χ4v) is 1.86. The van der Waals surface area contributed by atoms with E-state index in [2.05, 4.69) is 31.0 Å². The normalized spacial score (nSPS) is 10.8. The summed E-state index contributed by atoms with van der Waals surface area (Å²) in [4.78, 5) is 8.61. The molecule has 0 saturated heterocycles. The Morgan fingerprint density at radius 3 is 2.44 bits per heavy atom. The number of hydrogen-bond acceptors (Lipinski definition) is 3. The van der Waals surface area contributed by atoms with Crippen LogP contribution >= 0.6 is 27.5 Å². The molecule has 0 aliphatic rings. The average molecular weight is 302 g/mol. The Kier molecular flexibility index (Phi) is 2.99. The molecule has 2 aromatic rings. The van der Waals surface area contributed by atoms with Crippen molar-refractivity contribution in [2.45, 2.75) is 13.8 Å². The van der Waals surface area contributed by atoms with Crippen LogP contribution < -0.4 is 0 Å². The molecule has 0 atom stereocenters. The lowest BCUT2D eigenvalue weighted by Gasteiger charge is -2.03. The van der Waals surface area contributed by atoms with E-state index in [1.807, 2.05) is 27.1 Å². The highest BCUT2D eigenvalue weighted by Crippen LogP contribution is 2.27. The zero-order valence-electron chi connectivity index (χ0n) is 9.12. The minimum atomic E-state index is 0.422. The van der Waals surface area contributed by atoms with Gasteiger partial charge in [0.15, 0.2) is 5.82 Å². The molecule has 0 bridgehead atoms. The van der Waals surface area contributed by atoms with Crippen LogP contribution in [0.4, 0.5) is 0 Å². The van der Waals surface area contributed by atoms with Gasteiger partial charge in [0, 0.05) is 13.2 Å². The number of halogens is 2. The van der Waals surface area contributed by atoms with Crippen molar-refractivity contribution in [3.05, 3.63) is 27.2 Å². The summed E-state index contributed by atoms with van der Waals surface area (Å²) in [6, 6.07) is 0. The lowest BCUT2D eigenvalue weighted by molar-refractivity contribution is 0.756. The first-order chi connectivity index (χ1) is 7.49. The fraction of sp³-hybridized carbons (Fsp3) is 0.300. The predicted octanol–water partition coefficient (Wildman–Crippen LogP) is 2.91. The molecule has 0 fully saturated rings. The summed E-state index contributed by atoms with van der Waals surface area (Å²) in [5, 5.41) is 4.67. The van der Waals surface area contributed by atoms with Gasteiger partial charge in [0.05, 0.1) is 21.4 Å². The SMILES string of the molecule is Cc1nn(C)cc1-c1nc(C)c(Br)c(Cl)n1. The van der Waals surface area contributed by atoms with Gasteiger partial charge in [-0.15, -0.1) is 0 Å². The quantitative estimate of drug-likeness (QED) is 0.761. The first-order valence-electron chi connectivity index (χ1n) is 4.69. The smallest absolute Gasteiger partial charge is 0.164 e. The third-order valence-corrected chi connectivity index (χ3v) is 3.68. The molecule has 4 nitrogen and oxygen atoms in total. The van der Waals surface area contributed by atoms with E-state index in [1.165, 1.54) is 0 Å². The van der Waals surface area contributed by atoms with E-state index in [-0.39, 0.29) is 0 Å². The van der Waals surface area contributed by atoms with Crippen molar-refractivity contribution in [3.8, 4) is 11.4 Å². The van der Waals surface area contributed by atoms with Crippen LogP contribution in [0.1, 0.15) is 11.4 Å². The zero-order valence-corrected chi connectivity index (χ0v) is 11.5. The summed E-state index contributed by atoms with van der Waals surface area (Å²) in [6.07, 6.45) is 1.88. The van der Waals surface area contributed by atoms with Crippen LogP contribution in [-0.2, 0) is 7.05 Å². The fourth-order valence-electron chi connectivity index (χ4n) is 1.46. The Morgan fingerprint density at radius 1 is 1.25 bits per heavy atom. The van der Waals surface area contributed by atoms with E-state index in [0.717, 1.165) is 21.4 Å². The van der Waals surface area contributed by atoms with E-state index >= 15 is 0 Å². The van der Waals surface area contributed by atoms with Crippen LogP contribution in [0.2, 0.25) is 5.15 Å². The second-order valence-electron chi connectivity index (χ2n) is 3.54. The van der Waals surface area contributed by atoms with Crippen molar-refractivity contribution < 1.29 is 0 Å². The number of hydrogen-bond donors (Lipinski definition) is 0. The van der Waals surface area contributed by atoms with Gasteiger partial charge in [-0.3, -0.25) is 4.68 Å². The van der Waals surface area contributed by atoms with E-state index in [4.69, 9.17) is 11.6 Å². The number of aryl methyl sites for hydroxylation is 3. The van der Waals surface area contributed by atoms with Crippen molar-refractivity contribution in [1.82, 2.24) is 19.7 Å². The van der Waals surface area contributed by atoms with E-state index < -0.39 is 0 Å². The van der Waals surface area contributed by atoms with Gasteiger partial charge < -0.3 is 0 Å². The van der Waals surface area contributed by atoms with Crippen LogP contribution in [0.25, 0.3) is 11.4 Å². The molecular weight excluding hydrogens is 291 g/mol. The minimum Gasteiger partial charge on any atom is -0.275 e. The van der Waals surface area contributed by atoms with Crippen molar-refractivity contribution in [2.24, 2.45) is 7.05 Å². The summed E-state index contributed by atoms with van der Waals surface area (Å²) in [5.74, 6) is 0.608. The largest absolute Gasteiger partial charge is 0.275 e. The van der Waals surface area contributed by atoms with Crippen LogP contribution in [-0.4, -0.2) is 19.7 Å². The molecule has 0 spiro atoms. The highest BCUT2D eigenvalue weighted by molar-refractivity contribution is 9.10. The second kappa shape index (κ2) is 4.14. The molecule has 6 heteroatoms. The van der Waals surface area contributed by atoms with E-state index in [0.29, 0.717) is 11.0 Å². The number of nitrogens with zero attached hydrogens (tertiary/aromatic N) is 4. The van der Waals surface area contributed by atoms with Crippen LogP contribution in [0.3, 0.4) is 0 Å². The summed E-state index contributed by atoms with van der Waals surface area (Å²) in [5.41, 5.74) is 2.61. The highest BCUT2D eigenvalue weighted by atomic mass is 79.9. The summed E-state index contributed by atoms with van der Waals surface area (Å²) >= 11 is 9.33. The second-order valence-corrected chi connectivity index (χ2v) is 4.69. The number of aromatic nitrogens is 4. The molecule has 0 saturated carbocycles. The van der Waals surface area contributed by atoms with Crippen LogP contribution in [0.5, 0.6) is 0 Å². The van der Waals surface area contributed by atoms with E-state index in [9.17, 15) is 0 Å². The van der Waals surface area contributed by atoms with Crippen molar-refractivity contribution >= 4 is 27.5 Å². The summed E-state index contributed by atoms with van der Waals surface area (Å²) in [6.45, 7) is 3.80. The third kappa shape index (κ3) is 1.97. The lowest BCUT2D eigenvalue weighted by Crippen LogP contribution is -1.94. The molecular formula is C10H10BrClN4. The monoisotopic (exact) mass is 300 g/mol. The summed E-state index contributed by atoms with van der Waals surface area (Å²) < 4.78 is 2.47. The molecule has 0 radical (unpaired) electrons. The first kappa shape index (κ1) is 11.5. The Morgan fingerprint density at radius 2 is 1.94 bits per heavy atom. The first-order valence-corrected chi connectivity index (χ1v) is 5.86. The zero-order chi connectivity index (χ0) is 11.9. The van der Waals surface area contributed by atoms with Crippen LogP contribution in [0, 0.1) is 13.8 Å². The Bertz CT molecular complexity index is 527. The third-order valence-electron chi connectivity index (χ3n) is 2.23. The standard InChI is InChI=1S/C10H10BrClN4/c1-5-7(4-16(3)15-5)10-13-6(2)8(11)9(12)14-10/h4H,1-3H3. The maximum absolute atomic E-state index is 6.00. The van der Waals surface area contributed by atoms with Crippen LogP contribution in [0.15, 0.2) is 10.7 Å². The molecule has 0 aromatic carbocycles. The average Bonchev–Trinajstić information content (AvgIpc) is 2.53. The van der Waals surface area contributed by atoms with Gasteiger partial charge in [-0.05, 0) is 29.8 Å². The molecule has 2 heterocycles. The van der Waals surface area contributed by atoms with Gasteiger partial charge in [0.2, 0.25) is 0 Å². The molecule has 2 aromatic heterocycles. The molecule has 16 heavy (non-hydrogen) atoms. The Labute approximate surface area is 107 Å². The maximum atomic E-state index is 6.00. The van der Waals surface area contributed by atoms with E-state index in [1.54, 1.807) is 4.68 Å². The summed E-state index contributed by atoms with van der Waals surface area (Å²) in [7, 11) is 1.86. The molecule has 0 N–H and O–H groups in total. The Balaban J connectivity index is 2.61. The molecule has 0 aliphatic heterocycles. The lowest BCUT2D eigenvalue weighted by atomic mass is 10.2. The van der Waals surface area contributed by atoms with Gasteiger partial charge in [-0.2, -0.15) is 5.10 Å². The van der Waals surface area contributed by atoms with Gasteiger partial charge in [0.25, 0.3) is 0 Å². The van der Waals surface area contributed by atoms with Gasteiger partial charge in [-0.1, -0.05) is 11.6 Å².